The molecule has 0 aliphatic rings. The third-order valence-electron chi connectivity index (χ3n) is 1.60. The highest BCUT2D eigenvalue weighted by molar-refractivity contribution is 6.32. The van der Waals surface area contributed by atoms with Crippen molar-refractivity contribution < 1.29 is 0 Å². The minimum absolute atomic E-state index is 0.120. The fourth-order valence-corrected chi connectivity index (χ4v) is 1.49. The van der Waals surface area contributed by atoms with Crippen LogP contribution in [0.1, 0.15) is 11.5 Å². The van der Waals surface area contributed by atoms with Gasteiger partial charge in [-0.05, 0) is 17.7 Å². The van der Waals surface area contributed by atoms with Gasteiger partial charge in [0.1, 0.15) is 22.1 Å². The molecule has 14 heavy (non-hydrogen) atoms. The van der Waals surface area contributed by atoms with Crippen LogP contribution >= 0.6 is 23.2 Å². The normalized spacial score (nSPS) is 11.8. The molecule has 0 aliphatic heterocycles. The van der Waals surface area contributed by atoms with Crippen molar-refractivity contribution in [2.75, 3.05) is 0 Å². The maximum absolute atomic E-state index is 7.26. The van der Waals surface area contributed by atoms with Gasteiger partial charge in [-0.15, -0.1) is 6.42 Å². The summed E-state index contributed by atoms with van der Waals surface area (Å²) in [7, 11) is 0. The summed E-state index contributed by atoms with van der Waals surface area (Å²) in [6, 6.07) is 3.08. The van der Waals surface area contributed by atoms with Crippen LogP contribution in [0, 0.1) is 17.8 Å². The monoisotopic (exact) mass is 227 g/mol. The Balaban J connectivity index is 3.18. The van der Waals surface area contributed by atoms with Gasteiger partial charge in [0.25, 0.3) is 0 Å². The van der Waals surface area contributed by atoms with E-state index in [1.807, 2.05) is 0 Å². The minimum Gasteiger partial charge on any atom is -0.386 e. The molecule has 1 aromatic heterocycles. The summed E-state index contributed by atoms with van der Waals surface area (Å²) in [5, 5.41) is 7.72. The topological polar surface area (TPSA) is 62.8 Å². The first-order valence-electron chi connectivity index (χ1n) is 3.67. The Bertz CT molecular complexity index is 389. The first-order chi connectivity index (χ1) is 6.54. The van der Waals surface area contributed by atoms with Gasteiger partial charge in [0.15, 0.2) is 0 Å². The summed E-state index contributed by atoms with van der Waals surface area (Å²) in [5.41, 5.74) is 5.92. The summed E-state index contributed by atoms with van der Waals surface area (Å²) in [5.74, 6) is 1.65. The molecule has 0 radical (unpaired) electrons. The van der Waals surface area contributed by atoms with E-state index in [1.54, 1.807) is 12.1 Å². The fraction of sp³-hybridized carbons (Fsp3) is 0.111. The van der Waals surface area contributed by atoms with Crippen LogP contribution in [0.25, 0.3) is 0 Å². The van der Waals surface area contributed by atoms with E-state index in [-0.39, 0.29) is 16.1 Å². The lowest BCUT2D eigenvalue weighted by molar-refractivity contribution is 1.12. The van der Waals surface area contributed by atoms with E-state index in [0.29, 0.717) is 5.56 Å². The third-order valence-corrected chi connectivity index (χ3v) is 1.98. The van der Waals surface area contributed by atoms with E-state index in [0.717, 1.165) is 0 Å². The van der Waals surface area contributed by atoms with Crippen LogP contribution in [0.4, 0.5) is 0 Å². The summed E-state index contributed by atoms with van der Waals surface area (Å²) in [6.07, 6.45) is 5.23. The lowest BCUT2D eigenvalue weighted by Gasteiger charge is -2.09. The smallest absolute Gasteiger partial charge is 0.131 e. The number of aromatic nitrogens is 1. The SMILES string of the molecule is C#CC(C(=N)N)c1cc(Cl)nc(Cl)c1. The van der Waals surface area contributed by atoms with Crippen molar-refractivity contribution in [1.29, 1.82) is 5.41 Å². The molecule has 1 aromatic rings. The van der Waals surface area contributed by atoms with Gasteiger partial charge in [-0.1, -0.05) is 29.1 Å². The third kappa shape index (κ3) is 2.38. The van der Waals surface area contributed by atoms with Crippen molar-refractivity contribution >= 4 is 29.0 Å². The van der Waals surface area contributed by atoms with Gasteiger partial charge in [0.2, 0.25) is 0 Å². The summed E-state index contributed by atoms with van der Waals surface area (Å²) >= 11 is 11.4. The van der Waals surface area contributed by atoms with Crippen molar-refractivity contribution in [3.8, 4) is 12.3 Å². The molecule has 5 heteroatoms. The van der Waals surface area contributed by atoms with E-state index in [9.17, 15) is 0 Å². The average molecular weight is 228 g/mol. The van der Waals surface area contributed by atoms with E-state index >= 15 is 0 Å². The predicted molar refractivity (Wildman–Crippen MR) is 57.7 cm³/mol. The number of nitrogens with one attached hydrogen (secondary N) is 1. The van der Waals surface area contributed by atoms with Crippen molar-refractivity contribution in [2.45, 2.75) is 5.92 Å². The first kappa shape index (κ1) is 10.8. The molecule has 0 aliphatic carbocycles. The molecule has 1 unspecified atom stereocenters. The molecule has 72 valence electrons. The zero-order chi connectivity index (χ0) is 10.7. The number of nitrogens with zero attached hydrogens (tertiary/aromatic N) is 1. The summed E-state index contributed by atoms with van der Waals surface area (Å²) in [6.45, 7) is 0. The van der Waals surface area contributed by atoms with Gasteiger partial charge in [0.05, 0.1) is 0 Å². The molecule has 0 fully saturated rings. The van der Waals surface area contributed by atoms with E-state index in [1.165, 1.54) is 0 Å². The van der Waals surface area contributed by atoms with Crippen molar-refractivity contribution in [1.82, 2.24) is 4.98 Å². The van der Waals surface area contributed by atoms with Crippen molar-refractivity contribution in [3.63, 3.8) is 0 Å². The van der Waals surface area contributed by atoms with Crippen LogP contribution in [-0.4, -0.2) is 10.8 Å². The fourth-order valence-electron chi connectivity index (χ4n) is 1.02. The van der Waals surface area contributed by atoms with Crippen LogP contribution in [0.15, 0.2) is 12.1 Å². The molecule has 0 aromatic carbocycles. The van der Waals surface area contributed by atoms with Crippen LogP contribution in [0.5, 0.6) is 0 Å². The van der Waals surface area contributed by atoms with Gasteiger partial charge in [-0.2, -0.15) is 0 Å². The molecule has 0 saturated carbocycles. The lowest BCUT2D eigenvalue weighted by atomic mass is 10.0. The van der Waals surface area contributed by atoms with Crippen LogP contribution < -0.4 is 5.73 Å². The quantitative estimate of drug-likeness (QED) is 0.352. The molecule has 3 N–H and O–H groups in total. The molecule has 3 nitrogen and oxygen atoms in total. The Morgan fingerprint density at radius 2 is 2.00 bits per heavy atom. The second kappa shape index (κ2) is 4.32. The van der Waals surface area contributed by atoms with Crippen LogP contribution in [-0.2, 0) is 0 Å². The summed E-state index contributed by atoms with van der Waals surface area (Å²) in [4.78, 5) is 3.76. The summed E-state index contributed by atoms with van der Waals surface area (Å²) < 4.78 is 0. The molecule has 0 amide bonds. The lowest BCUT2D eigenvalue weighted by Crippen LogP contribution is -2.19. The van der Waals surface area contributed by atoms with Crippen LogP contribution in [0.2, 0.25) is 10.3 Å². The highest BCUT2D eigenvalue weighted by Crippen LogP contribution is 2.21. The number of hydrogen-bond acceptors (Lipinski definition) is 2. The van der Waals surface area contributed by atoms with Gasteiger partial charge in [0, 0.05) is 0 Å². The predicted octanol–water partition coefficient (Wildman–Crippen LogP) is 2.04. The minimum atomic E-state index is -0.604. The zero-order valence-corrected chi connectivity index (χ0v) is 8.60. The molecule has 1 atom stereocenters. The standard InChI is InChI=1S/C9H7Cl2N3/c1-2-6(9(12)13)5-3-7(10)14-8(11)4-5/h1,3-4,6H,(H3,12,13). The second-order valence-electron chi connectivity index (χ2n) is 2.60. The number of terminal acetylenes is 1. The van der Waals surface area contributed by atoms with Crippen molar-refractivity contribution in [3.05, 3.63) is 28.0 Å². The largest absolute Gasteiger partial charge is 0.386 e. The number of pyridine rings is 1. The number of halogens is 2. The first-order valence-corrected chi connectivity index (χ1v) is 4.43. The zero-order valence-electron chi connectivity index (χ0n) is 7.09. The number of hydrogen-bond donors (Lipinski definition) is 2. The Kier molecular flexibility index (Phi) is 3.34. The number of rotatable bonds is 2. The second-order valence-corrected chi connectivity index (χ2v) is 3.38. The molecule has 0 spiro atoms. The number of nitrogens with two attached hydrogens (primary N) is 1. The van der Waals surface area contributed by atoms with E-state index in [2.05, 4.69) is 10.9 Å². The molecule has 0 saturated heterocycles. The van der Waals surface area contributed by atoms with E-state index < -0.39 is 5.92 Å². The highest BCUT2D eigenvalue weighted by Gasteiger charge is 2.13. The highest BCUT2D eigenvalue weighted by atomic mass is 35.5. The van der Waals surface area contributed by atoms with Crippen LogP contribution in [0.3, 0.4) is 0 Å². The molecule has 1 rings (SSSR count). The maximum Gasteiger partial charge on any atom is 0.131 e. The van der Waals surface area contributed by atoms with Gasteiger partial charge < -0.3 is 5.73 Å². The Hall–Kier alpha value is -1.24. The van der Waals surface area contributed by atoms with Crippen molar-refractivity contribution in [2.24, 2.45) is 5.73 Å². The molecule has 0 bridgehead atoms. The van der Waals surface area contributed by atoms with E-state index in [4.69, 9.17) is 40.8 Å². The Morgan fingerprint density at radius 3 is 2.36 bits per heavy atom. The Morgan fingerprint density at radius 1 is 1.50 bits per heavy atom. The van der Waals surface area contributed by atoms with Gasteiger partial charge >= 0.3 is 0 Å². The van der Waals surface area contributed by atoms with Gasteiger partial charge in [-0.25, -0.2) is 4.98 Å². The molecular formula is C9H7Cl2N3. The molecular weight excluding hydrogens is 221 g/mol. The molecule has 1 heterocycles. The maximum atomic E-state index is 7.26. The van der Waals surface area contributed by atoms with Gasteiger partial charge in [-0.3, -0.25) is 5.41 Å². The average Bonchev–Trinajstić information content (AvgIpc) is 2.02. The Labute approximate surface area is 91.7 Å². The number of amidine groups is 1.